The zero-order valence-corrected chi connectivity index (χ0v) is 30.1. The van der Waals surface area contributed by atoms with Crippen molar-refractivity contribution >= 4 is 21.8 Å². The molecule has 0 aliphatic heterocycles. The third-order valence-corrected chi connectivity index (χ3v) is 6.23. The third-order valence-electron chi connectivity index (χ3n) is 6.23. The molecule has 0 saturated carbocycles. The summed E-state index contributed by atoms with van der Waals surface area (Å²) in [4.78, 5) is 0. The van der Waals surface area contributed by atoms with Crippen molar-refractivity contribution in [1.82, 2.24) is 4.57 Å². The molecule has 0 amide bonds. The Morgan fingerprint density at radius 1 is 0.545 bits per heavy atom. The summed E-state index contributed by atoms with van der Waals surface area (Å²) in [6.07, 6.45) is -0.185. The van der Waals surface area contributed by atoms with Crippen LogP contribution in [0.15, 0.2) is 140 Å². The summed E-state index contributed by atoms with van der Waals surface area (Å²) in [5, 5.41) is 12.2. The number of fused-ring (bicyclic) bond motifs is 3. The smallest absolute Gasteiger partial charge is 0.0461 e. The Bertz CT molecular complexity index is 1460. The van der Waals surface area contributed by atoms with Crippen LogP contribution in [-0.2, 0) is 25.8 Å². The van der Waals surface area contributed by atoms with E-state index in [1.807, 2.05) is 91.0 Å². The van der Waals surface area contributed by atoms with Crippen LogP contribution in [0.25, 0.3) is 32.4 Å². The van der Waals surface area contributed by atoms with Crippen LogP contribution in [0.1, 0.15) is 50.7 Å². The van der Waals surface area contributed by atoms with Crippen molar-refractivity contribution in [3.63, 3.8) is 0 Å². The number of rotatable bonds is 4. The molecule has 6 aromatic rings. The van der Waals surface area contributed by atoms with E-state index in [0.717, 1.165) is 23.2 Å². The Hall–Kier alpha value is -3.70. The van der Waals surface area contributed by atoms with Gasteiger partial charge in [-0.25, -0.2) is 0 Å². The summed E-state index contributed by atoms with van der Waals surface area (Å²) in [5.41, 5.74) is 5.47. The monoisotopic (exact) mass is 746 g/mol. The van der Waals surface area contributed by atoms with Gasteiger partial charge >= 0.3 is 0 Å². The van der Waals surface area contributed by atoms with Crippen LogP contribution in [-0.4, -0.2) is 16.7 Å². The van der Waals surface area contributed by atoms with E-state index in [1.54, 1.807) is 0 Å². The van der Waals surface area contributed by atoms with Crippen LogP contribution < -0.4 is 0 Å². The van der Waals surface area contributed by atoms with Gasteiger partial charge in [-0.2, -0.15) is 86.7 Å². The molecular formula is C40H44HfN3-5. The molecule has 1 atom stereocenters. The Kier molecular flexibility index (Phi) is 15.6. The SMILES string of the molecule is CC[N-]C([N-]C(C)(C)C)n1c2ccccc2c2ccccc21.[CH2-]c1ccccc1.[CH2-]c1ccccc1.[CH2-]c1ccccc1.[Hf]. The first-order valence-electron chi connectivity index (χ1n) is 14.7. The molecule has 0 spiro atoms. The maximum atomic E-state index is 4.94. The van der Waals surface area contributed by atoms with E-state index >= 15 is 0 Å². The minimum Gasteiger partial charge on any atom is -0.661 e. The number of benzene rings is 5. The molecule has 1 unspecified atom stereocenters. The number of aromatic nitrogens is 1. The maximum Gasteiger partial charge on any atom is 0.0461 e. The normalized spacial score (nSPS) is 11.0. The molecule has 0 aliphatic carbocycles. The first-order chi connectivity index (χ1) is 20.7. The molecule has 1 heterocycles. The van der Waals surface area contributed by atoms with Crippen molar-refractivity contribution in [3.8, 4) is 0 Å². The van der Waals surface area contributed by atoms with E-state index < -0.39 is 0 Å². The van der Waals surface area contributed by atoms with Gasteiger partial charge in [0.2, 0.25) is 0 Å². The van der Waals surface area contributed by atoms with E-state index in [4.69, 9.17) is 10.6 Å². The standard InChI is InChI=1S/C19H23N3.3C7H7.Hf/c1-5-20-18(21-19(2,3)4)22-16-12-8-6-10-14(16)15-11-7-9-13-17(15)22;3*1-7-5-3-2-4-6-7;/h6-13,18H,5H2,1-4H3;3*2-6H,1H2;/q-2;3*-1;. The van der Waals surface area contributed by atoms with Crippen LogP contribution in [0.3, 0.4) is 0 Å². The second-order valence-electron chi connectivity index (χ2n) is 11.0. The molecule has 44 heavy (non-hydrogen) atoms. The second kappa shape index (κ2) is 18.9. The van der Waals surface area contributed by atoms with Crippen LogP contribution in [0.2, 0.25) is 0 Å². The topological polar surface area (TPSA) is 33.1 Å². The quantitative estimate of drug-likeness (QED) is 0.127. The number of hydrogen-bond acceptors (Lipinski definition) is 0. The van der Waals surface area contributed by atoms with Gasteiger partial charge in [-0.05, 0) is 12.1 Å². The average molecular weight is 745 g/mol. The van der Waals surface area contributed by atoms with Crippen molar-refractivity contribution in [2.75, 3.05) is 6.54 Å². The van der Waals surface area contributed by atoms with Crippen molar-refractivity contribution in [2.24, 2.45) is 0 Å². The first kappa shape index (κ1) is 36.5. The number of nitrogens with zero attached hydrogens (tertiary/aromatic N) is 3. The largest absolute Gasteiger partial charge is 0.661 e. The van der Waals surface area contributed by atoms with E-state index in [2.05, 4.69) is 102 Å². The van der Waals surface area contributed by atoms with Gasteiger partial charge in [0.15, 0.2) is 0 Å². The Morgan fingerprint density at radius 3 is 1.14 bits per heavy atom. The molecule has 4 heteroatoms. The molecule has 228 valence electrons. The summed E-state index contributed by atoms with van der Waals surface area (Å²) in [5.74, 6) is 0. The summed E-state index contributed by atoms with van der Waals surface area (Å²) >= 11 is 0. The van der Waals surface area contributed by atoms with Crippen molar-refractivity contribution < 1.29 is 25.8 Å². The first-order valence-corrected chi connectivity index (χ1v) is 14.7. The van der Waals surface area contributed by atoms with Crippen molar-refractivity contribution in [3.05, 3.63) is 188 Å². The Morgan fingerprint density at radius 2 is 0.864 bits per heavy atom. The predicted octanol–water partition coefficient (Wildman–Crippen LogP) is 11.4. The van der Waals surface area contributed by atoms with E-state index in [0.29, 0.717) is 0 Å². The summed E-state index contributed by atoms with van der Waals surface area (Å²) < 4.78 is 2.26. The average Bonchev–Trinajstić information content (AvgIpc) is 3.33. The predicted molar refractivity (Wildman–Crippen MR) is 188 cm³/mol. The molecule has 3 nitrogen and oxygen atoms in total. The second-order valence-corrected chi connectivity index (χ2v) is 11.0. The molecule has 0 saturated heterocycles. The van der Waals surface area contributed by atoms with Crippen molar-refractivity contribution in [1.29, 1.82) is 0 Å². The van der Waals surface area contributed by atoms with Gasteiger partial charge in [-0.1, -0.05) is 82.3 Å². The van der Waals surface area contributed by atoms with Gasteiger partial charge in [0, 0.05) is 47.6 Å². The number of hydrogen-bond donors (Lipinski definition) is 0. The van der Waals surface area contributed by atoms with Gasteiger partial charge < -0.3 is 15.2 Å². The molecular weight excluding hydrogens is 701 g/mol. The molecule has 6 rings (SSSR count). The Balaban J connectivity index is 0.000000249. The minimum atomic E-state index is -0.185. The van der Waals surface area contributed by atoms with E-state index in [9.17, 15) is 0 Å². The Labute approximate surface area is 284 Å². The van der Waals surface area contributed by atoms with Gasteiger partial charge in [-0.3, -0.25) is 0 Å². The number of para-hydroxylation sites is 2. The minimum absolute atomic E-state index is 0. The van der Waals surface area contributed by atoms with E-state index in [-0.39, 0.29) is 37.7 Å². The van der Waals surface area contributed by atoms with Gasteiger partial charge in [0.25, 0.3) is 0 Å². The van der Waals surface area contributed by atoms with Crippen LogP contribution in [0, 0.1) is 20.8 Å². The van der Waals surface area contributed by atoms with Crippen LogP contribution in [0.5, 0.6) is 0 Å². The molecule has 0 aliphatic rings. The third kappa shape index (κ3) is 12.1. The summed E-state index contributed by atoms with van der Waals surface area (Å²) in [7, 11) is 0. The zero-order chi connectivity index (χ0) is 31.1. The van der Waals surface area contributed by atoms with Gasteiger partial charge in [0.05, 0.1) is 0 Å². The van der Waals surface area contributed by atoms with Crippen molar-refractivity contribution in [2.45, 2.75) is 39.5 Å². The molecule has 0 radical (unpaired) electrons. The van der Waals surface area contributed by atoms with Gasteiger partial charge in [0.1, 0.15) is 0 Å². The maximum absolute atomic E-state index is 4.94. The summed E-state index contributed by atoms with van der Waals surface area (Å²) in [6, 6.07) is 46.6. The molecule has 0 bridgehead atoms. The van der Waals surface area contributed by atoms with Crippen LogP contribution >= 0.6 is 0 Å². The summed E-state index contributed by atoms with van der Waals surface area (Å²) in [6.45, 7) is 20.4. The fourth-order valence-electron chi connectivity index (χ4n) is 4.33. The molecule has 0 fully saturated rings. The van der Waals surface area contributed by atoms with Crippen LogP contribution in [0.4, 0.5) is 0 Å². The molecule has 0 N–H and O–H groups in total. The van der Waals surface area contributed by atoms with E-state index in [1.165, 1.54) is 21.8 Å². The molecule has 5 aromatic carbocycles. The zero-order valence-electron chi connectivity index (χ0n) is 26.5. The van der Waals surface area contributed by atoms with Gasteiger partial charge in [-0.15, -0.1) is 41.9 Å². The fraction of sp³-hybridized carbons (Fsp3) is 0.175. The fourth-order valence-corrected chi connectivity index (χ4v) is 4.33. The molecule has 1 aromatic heterocycles.